The highest BCUT2D eigenvalue weighted by Gasteiger charge is 2.24. The van der Waals surface area contributed by atoms with Crippen molar-refractivity contribution in [2.45, 2.75) is 59.4 Å². The minimum atomic E-state index is -0.395. The van der Waals surface area contributed by atoms with Gasteiger partial charge in [-0.25, -0.2) is 4.39 Å². The van der Waals surface area contributed by atoms with E-state index in [1.165, 1.54) is 17.3 Å². The van der Waals surface area contributed by atoms with Gasteiger partial charge in [-0.3, -0.25) is 9.67 Å². The first-order valence-electron chi connectivity index (χ1n) is 9.94. The van der Waals surface area contributed by atoms with Gasteiger partial charge in [0.15, 0.2) is 5.96 Å². The molecular formula is C22H35FIN5. The Hall–Kier alpha value is -1.64. The Labute approximate surface area is 191 Å². The molecule has 2 rings (SSSR count). The zero-order valence-electron chi connectivity index (χ0n) is 18.6. The molecule has 2 aromatic rings. The van der Waals surface area contributed by atoms with E-state index in [2.05, 4.69) is 29.6 Å². The number of nitrogens with zero attached hydrogens (tertiary/aromatic N) is 3. The molecule has 0 bridgehead atoms. The van der Waals surface area contributed by atoms with Gasteiger partial charge in [0.2, 0.25) is 0 Å². The van der Waals surface area contributed by atoms with Crippen LogP contribution in [0.1, 0.15) is 50.2 Å². The molecule has 5 nitrogen and oxygen atoms in total. The second kappa shape index (κ2) is 10.9. The maximum atomic E-state index is 14.2. The van der Waals surface area contributed by atoms with Crippen LogP contribution < -0.4 is 10.6 Å². The number of halogens is 2. The molecule has 162 valence electrons. The third-order valence-electron chi connectivity index (χ3n) is 5.13. The van der Waals surface area contributed by atoms with Gasteiger partial charge in [-0.05, 0) is 51.3 Å². The first-order chi connectivity index (χ1) is 13.2. The van der Waals surface area contributed by atoms with Crippen molar-refractivity contribution in [1.29, 1.82) is 0 Å². The fourth-order valence-electron chi connectivity index (χ4n) is 3.40. The molecule has 1 atom stereocenters. The molecule has 2 N–H and O–H groups in total. The molecule has 0 saturated heterocycles. The third kappa shape index (κ3) is 6.69. The van der Waals surface area contributed by atoms with Gasteiger partial charge in [-0.15, -0.1) is 24.0 Å². The smallest absolute Gasteiger partial charge is 0.191 e. The Morgan fingerprint density at radius 3 is 2.48 bits per heavy atom. The van der Waals surface area contributed by atoms with E-state index in [0.29, 0.717) is 12.1 Å². The third-order valence-corrected chi connectivity index (χ3v) is 5.13. The molecule has 1 aromatic carbocycles. The van der Waals surface area contributed by atoms with Crippen molar-refractivity contribution in [3.05, 3.63) is 52.6 Å². The van der Waals surface area contributed by atoms with Crippen LogP contribution in [0.4, 0.5) is 4.39 Å². The lowest BCUT2D eigenvalue weighted by Crippen LogP contribution is -2.44. The summed E-state index contributed by atoms with van der Waals surface area (Å²) in [6, 6.07) is 7.12. The summed E-state index contributed by atoms with van der Waals surface area (Å²) in [4.78, 5) is 4.74. The normalized spacial score (nSPS) is 13.0. The zero-order valence-corrected chi connectivity index (χ0v) is 21.0. The van der Waals surface area contributed by atoms with Gasteiger partial charge in [0.25, 0.3) is 0 Å². The Morgan fingerprint density at radius 2 is 1.93 bits per heavy atom. The van der Waals surface area contributed by atoms with Crippen LogP contribution >= 0.6 is 24.0 Å². The Morgan fingerprint density at radius 1 is 1.28 bits per heavy atom. The van der Waals surface area contributed by atoms with Crippen LogP contribution in [0.15, 0.2) is 29.3 Å². The molecule has 1 aromatic heterocycles. The number of rotatable bonds is 7. The number of aromatic nitrogens is 2. The maximum absolute atomic E-state index is 14.2. The van der Waals surface area contributed by atoms with Gasteiger partial charge in [0, 0.05) is 30.7 Å². The summed E-state index contributed by atoms with van der Waals surface area (Å²) in [5.74, 6) is 0.565. The monoisotopic (exact) mass is 515 g/mol. The molecule has 1 unspecified atom stereocenters. The van der Waals surface area contributed by atoms with Crippen LogP contribution in [0.2, 0.25) is 0 Å². The van der Waals surface area contributed by atoms with E-state index in [9.17, 15) is 4.39 Å². The molecule has 0 saturated carbocycles. The predicted molar refractivity (Wildman–Crippen MR) is 130 cm³/mol. The first kappa shape index (κ1) is 25.4. The van der Waals surface area contributed by atoms with Crippen LogP contribution in [0, 0.1) is 19.7 Å². The minimum absolute atomic E-state index is 0. The van der Waals surface area contributed by atoms with E-state index < -0.39 is 5.41 Å². The van der Waals surface area contributed by atoms with E-state index in [1.54, 1.807) is 6.07 Å². The van der Waals surface area contributed by atoms with Gasteiger partial charge < -0.3 is 10.6 Å². The summed E-state index contributed by atoms with van der Waals surface area (Å²) >= 11 is 0. The molecule has 0 fully saturated rings. The van der Waals surface area contributed by atoms with E-state index in [1.807, 2.05) is 51.6 Å². The van der Waals surface area contributed by atoms with Crippen molar-refractivity contribution >= 4 is 29.9 Å². The molecule has 29 heavy (non-hydrogen) atoms. The van der Waals surface area contributed by atoms with Gasteiger partial charge in [0.1, 0.15) is 5.82 Å². The molecule has 0 aliphatic carbocycles. The molecule has 0 aliphatic heterocycles. The largest absolute Gasteiger partial charge is 0.357 e. The summed E-state index contributed by atoms with van der Waals surface area (Å²) in [5.41, 5.74) is 3.81. The predicted octanol–water partition coefficient (Wildman–Crippen LogP) is 4.26. The molecule has 0 radical (unpaired) electrons. The lowest BCUT2D eigenvalue weighted by molar-refractivity contribution is 0.491. The van der Waals surface area contributed by atoms with Crippen LogP contribution in [-0.2, 0) is 18.9 Å². The molecule has 1 heterocycles. The maximum Gasteiger partial charge on any atom is 0.191 e. The number of nitrogens with one attached hydrogen (secondary N) is 2. The van der Waals surface area contributed by atoms with E-state index in [4.69, 9.17) is 4.99 Å². The number of hydrogen-bond acceptors (Lipinski definition) is 2. The highest BCUT2D eigenvalue weighted by atomic mass is 127. The van der Waals surface area contributed by atoms with Crippen LogP contribution in [0.25, 0.3) is 0 Å². The van der Waals surface area contributed by atoms with Crippen molar-refractivity contribution in [3.8, 4) is 0 Å². The lowest BCUT2D eigenvalue weighted by atomic mass is 9.84. The molecule has 0 amide bonds. The zero-order chi connectivity index (χ0) is 20.9. The van der Waals surface area contributed by atoms with Crippen molar-refractivity contribution in [2.75, 3.05) is 13.1 Å². The standard InChI is InChI=1S/C22H34FN5.HI/c1-8-24-21(25-14-22(5,6)19-11-9-10-12-20(19)23)26-15(2)13-18-16(3)27-28(7)17(18)4;/h9-12,15H,8,13-14H2,1-7H3,(H2,24,25,26);1H. The topological polar surface area (TPSA) is 54.2 Å². The van der Waals surface area contributed by atoms with Gasteiger partial charge in [-0.2, -0.15) is 5.10 Å². The van der Waals surface area contributed by atoms with Crippen LogP contribution in [0.3, 0.4) is 0 Å². The van der Waals surface area contributed by atoms with E-state index in [0.717, 1.165) is 24.6 Å². The molecular weight excluding hydrogens is 480 g/mol. The summed E-state index contributed by atoms with van der Waals surface area (Å²) in [6.45, 7) is 13.6. The second-order valence-electron chi connectivity index (χ2n) is 8.08. The van der Waals surface area contributed by atoms with Gasteiger partial charge in [0.05, 0.1) is 12.2 Å². The summed E-state index contributed by atoms with van der Waals surface area (Å²) in [6.07, 6.45) is 0.868. The first-order valence-corrected chi connectivity index (χ1v) is 9.94. The Kier molecular flexibility index (Phi) is 9.58. The number of benzene rings is 1. The van der Waals surface area contributed by atoms with Crippen molar-refractivity contribution < 1.29 is 4.39 Å². The number of hydrogen-bond donors (Lipinski definition) is 2. The fourth-order valence-corrected chi connectivity index (χ4v) is 3.40. The summed E-state index contributed by atoms with van der Waals surface area (Å²) < 4.78 is 16.1. The van der Waals surface area contributed by atoms with E-state index >= 15 is 0 Å². The average Bonchev–Trinajstić information content (AvgIpc) is 2.86. The molecule has 7 heteroatoms. The van der Waals surface area contributed by atoms with Crippen LogP contribution in [-0.4, -0.2) is 34.9 Å². The minimum Gasteiger partial charge on any atom is -0.357 e. The average molecular weight is 515 g/mol. The fraction of sp³-hybridized carbons (Fsp3) is 0.545. The van der Waals surface area contributed by atoms with Crippen molar-refractivity contribution in [1.82, 2.24) is 20.4 Å². The number of aliphatic imine (C=N–C) groups is 1. The lowest BCUT2D eigenvalue weighted by Gasteiger charge is -2.25. The quantitative estimate of drug-likeness (QED) is 0.329. The number of guanidine groups is 1. The highest BCUT2D eigenvalue weighted by molar-refractivity contribution is 14.0. The summed E-state index contributed by atoms with van der Waals surface area (Å²) in [7, 11) is 1.97. The Bertz CT molecular complexity index is 829. The Balaban J connectivity index is 0.00000420. The van der Waals surface area contributed by atoms with Crippen LogP contribution in [0.5, 0.6) is 0 Å². The van der Waals surface area contributed by atoms with Gasteiger partial charge >= 0.3 is 0 Å². The second-order valence-corrected chi connectivity index (χ2v) is 8.08. The highest BCUT2D eigenvalue weighted by Crippen LogP contribution is 2.26. The molecule has 0 spiro atoms. The van der Waals surface area contributed by atoms with Crippen molar-refractivity contribution in [2.24, 2.45) is 12.0 Å². The summed E-state index contributed by atoms with van der Waals surface area (Å²) in [5, 5.41) is 11.3. The van der Waals surface area contributed by atoms with E-state index in [-0.39, 0.29) is 35.8 Å². The number of aryl methyl sites for hydroxylation is 2. The van der Waals surface area contributed by atoms with Crippen molar-refractivity contribution in [3.63, 3.8) is 0 Å². The van der Waals surface area contributed by atoms with Gasteiger partial charge in [-0.1, -0.05) is 32.0 Å². The molecule has 0 aliphatic rings. The SMILES string of the molecule is CCNC(=NCC(C)(C)c1ccccc1F)NC(C)Cc1c(C)nn(C)c1C.I.